The summed E-state index contributed by atoms with van der Waals surface area (Å²) in [6.07, 6.45) is 1.86. The van der Waals surface area contributed by atoms with Gasteiger partial charge in [0.2, 0.25) is 0 Å². The zero-order valence-electron chi connectivity index (χ0n) is 11.6. The highest BCUT2D eigenvalue weighted by Crippen LogP contribution is 2.26. The number of aromatic nitrogens is 2. The van der Waals surface area contributed by atoms with Crippen molar-refractivity contribution < 1.29 is 9.90 Å². The van der Waals surface area contributed by atoms with Gasteiger partial charge in [0, 0.05) is 12.5 Å². The molecule has 1 aromatic heterocycles. The summed E-state index contributed by atoms with van der Waals surface area (Å²) in [5, 5.41) is 9.21. The molecule has 0 aliphatic heterocycles. The lowest BCUT2D eigenvalue weighted by Gasteiger charge is -2.21. The van der Waals surface area contributed by atoms with Gasteiger partial charge in [-0.25, -0.2) is 4.98 Å². The number of carboxylic acids is 1. The van der Waals surface area contributed by atoms with Crippen LogP contribution in [0.15, 0.2) is 24.3 Å². The molecule has 1 N–H and O–H groups in total. The van der Waals surface area contributed by atoms with Crippen LogP contribution in [0.25, 0.3) is 11.0 Å². The molecule has 0 saturated heterocycles. The maximum absolute atomic E-state index is 11.2. The van der Waals surface area contributed by atoms with Crippen LogP contribution in [0, 0.1) is 5.92 Å². The normalized spacial score (nSPS) is 14.5. The monoisotopic (exact) mass is 260 g/mol. The van der Waals surface area contributed by atoms with Crippen LogP contribution in [-0.2, 0) is 11.2 Å². The second kappa shape index (κ2) is 5.43. The van der Waals surface area contributed by atoms with E-state index in [-0.39, 0.29) is 6.04 Å². The van der Waals surface area contributed by atoms with E-state index in [1.807, 2.05) is 31.2 Å². The van der Waals surface area contributed by atoms with Crippen molar-refractivity contribution >= 4 is 17.0 Å². The van der Waals surface area contributed by atoms with Gasteiger partial charge in [0.25, 0.3) is 0 Å². The second-order valence-electron chi connectivity index (χ2n) is 5.00. The summed E-state index contributed by atoms with van der Waals surface area (Å²) in [6.45, 7) is 5.80. The van der Waals surface area contributed by atoms with E-state index in [1.54, 1.807) is 6.92 Å². The van der Waals surface area contributed by atoms with Gasteiger partial charge in [-0.3, -0.25) is 4.79 Å². The van der Waals surface area contributed by atoms with Crippen molar-refractivity contribution in [2.45, 2.75) is 39.7 Å². The molecular weight excluding hydrogens is 240 g/mol. The third kappa shape index (κ3) is 2.48. The maximum atomic E-state index is 11.2. The van der Waals surface area contributed by atoms with Gasteiger partial charge in [0.15, 0.2) is 0 Å². The predicted molar refractivity (Wildman–Crippen MR) is 75.2 cm³/mol. The zero-order valence-corrected chi connectivity index (χ0v) is 11.6. The van der Waals surface area contributed by atoms with Crippen LogP contribution in [0.3, 0.4) is 0 Å². The van der Waals surface area contributed by atoms with Gasteiger partial charge in [0.1, 0.15) is 5.82 Å². The third-order valence-electron chi connectivity index (χ3n) is 3.66. The molecule has 2 atom stereocenters. The minimum absolute atomic E-state index is 0.105. The number of rotatable bonds is 5. The first-order valence-electron chi connectivity index (χ1n) is 6.75. The highest BCUT2D eigenvalue weighted by molar-refractivity contribution is 5.77. The first-order valence-corrected chi connectivity index (χ1v) is 6.75. The summed E-state index contributed by atoms with van der Waals surface area (Å²) >= 11 is 0. The molecule has 0 aliphatic carbocycles. The number of hydrogen-bond donors (Lipinski definition) is 1. The number of carbonyl (C=O) groups is 1. The Balaban J connectivity index is 2.55. The lowest BCUT2D eigenvalue weighted by atomic mass is 10.0. The summed E-state index contributed by atoms with van der Waals surface area (Å²) in [5.41, 5.74) is 1.96. The summed E-state index contributed by atoms with van der Waals surface area (Å²) in [4.78, 5) is 15.8. The van der Waals surface area contributed by atoms with Gasteiger partial charge in [-0.2, -0.15) is 0 Å². The average molecular weight is 260 g/mol. The Bertz CT molecular complexity index is 589. The van der Waals surface area contributed by atoms with Crippen molar-refractivity contribution in [1.29, 1.82) is 0 Å². The Morgan fingerprint density at radius 2 is 2.05 bits per heavy atom. The van der Waals surface area contributed by atoms with Gasteiger partial charge in [-0.05, 0) is 32.4 Å². The molecule has 0 radical (unpaired) electrons. The van der Waals surface area contributed by atoms with Gasteiger partial charge in [-0.15, -0.1) is 0 Å². The van der Waals surface area contributed by atoms with Crippen molar-refractivity contribution in [3.05, 3.63) is 30.1 Å². The molecule has 2 aromatic rings. The molecule has 1 aromatic carbocycles. The van der Waals surface area contributed by atoms with Gasteiger partial charge < -0.3 is 9.67 Å². The smallest absolute Gasteiger partial charge is 0.308 e. The number of hydrogen-bond acceptors (Lipinski definition) is 2. The molecule has 2 rings (SSSR count). The van der Waals surface area contributed by atoms with Crippen LogP contribution in [0.2, 0.25) is 0 Å². The molecule has 102 valence electrons. The maximum Gasteiger partial charge on any atom is 0.308 e. The first kappa shape index (κ1) is 13.6. The van der Waals surface area contributed by atoms with E-state index in [9.17, 15) is 9.90 Å². The van der Waals surface area contributed by atoms with Gasteiger partial charge >= 0.3 is 5.97 Å². The summed E-state index contributed by atoms with van der Waals surface area (Å²) in [7, 11) is 0. The molecule has 0 aliphatic rings. The molecule has 0 fully saturated rings. The molecule has 19 heavy (non-hydrogen) atoms. The number of para-hydroxylation sites is 2. The number of nitrogens with zero attached hydrogens (tertiary/aromatic N) is 2. The lowest BCUT2D eigenvalue weighted by molar-refractivity contribution is -0.142. The van der Waals surface area contributed by atoms with Crippen molar-refractivity contribution in [3.63, 3.8) is 0 Å². The van der Waals surface area contributed by atoms with Crippen LogP contribution in [0.5, 0.6) is 0 Å². The molecule has 4 nitrogen and oxygen atoms in total. The fourth-order valence-electron chi connectivity index (χ4n) is 2.38. The van der Waals surface area contributed by atoms with Crippen LogP contribution >= 0.6 is 0 Å². The summed E-state index contributed by atoms with van der Waals surface area (Å²) < 4.78 is 2.08. The third-order valence-corrected chi connectivity index (χ3v) is 3.66. The Morgan fingerprint density at radius 3 is 2.68 bits per heavy atom. The molecule has 0 bridgehead atoms. The number of benzene rings is 1. The molecule has 2 unspecified atom stereocenters. The molecule has 0 saturated carbocycles. The second-order valence-corrected chi connectivity index (χ2v) is 5.00. The van der Waals surface area contributed by atoms with Crippen molar-refractivity contribution in [3.8, 4) is 0 Å². The van der Waals surface area contributed by atoms with Crippen LogP contribution in [0.1, 0.15) is 39.1 Å². The molecule has 1 heterocycles. The fraction of sp³-hybridized carbons (Fsp3) is 0.467. The number of fused-ring (bicyclic) bond motifs is 1. The van der Waals surface area contributed by atoms with Gasteiger partial charge in [0.05, 0.1) is 17.0 Å². The summed E-state index contributed by atoms with van der Waals surface area (Å²) in [5.74, 6) is -0.231. The standard InChI is InChI=1S/C15H20N2O2/c1-4-7-14-16-12-8-5-6-9-13(12)17(14)11(3)10(2)15(18)19/h5-6,8-11H,4,7H2,1-3H3,(H,18,19). The average Bonchev–Trinajstić information content (AvgIpc) is 2.75. The van der Waals surface area contributed by atoms with E-state index in [4.69, 9.17) is 0 Å². The summed E-state index contributed by atoms with van der Waals surface area (Å²) in [6, 6.07) is 7.80. The van der Waals surface area contributed by atoms with Crippen LogP contribution in [0.4, 0.5) is 0 Å². The van der Waals surface area contributed by atoms with Crippen LogP contribution < -0.4 is 0 Å². The molecule has 4 heteroatoms. The quantitative estimate of drug-likeness (QED) is 0.897. The minimum Gasteiger partial charge on any atom is -0.481 e. The zero-order chi connectivity index (χ0) is 14.0. The van der Waals surface area contributed by atoms with Crippen molar-refractivity contribution in [1.82, 2.24) is 9.55 Å². The topological polar surface area (TPSA) is 55.1 Å². The number of aryl methyl sites for hydroxylation is 1. The number of carboxylic acid groups (broad SMARTS) is 1. The van der Waals surface area contributed by atoms with E-state index in [2.05, 4.69) is 16.5 Å². The Hall–Kier alpha value is -1.84. The largest absolute Gasteiger partial charge is 0.481 e. The predicted octanol–water partition coefficient (Wildman–Crippen LogP) is 3.27. The Kier molecular flexibility index (Phi) is 3.88. The molecule has 0 amide bonds. The lowest BCUT2D eigenvalue weighted by Crippen LogP contribution is -2.23. The Labute approximate surface area is 113 Å². The van der Waals surface area contributed by atoms with E-state index < -0.39 is 11.9 Å². The van der Waals surface area contributed by atoms with E-state index in [1.165, 1.54) is 0 Å². The Morgan fingerprint density at radius 1 is 1.37 bits per heavy atom. The van der Waals surface area contributed by atoms with E-state index in [0.29, 0.717) is 0 Å². The van der Waals surface area contributed by atoms with Crippen molar-refractivity contribution in [2.75, 3.05) is 0 Å². The van der Waals surface area contributed by atoms with Crippen molar-refractivity contribution in [2.24, 2.45) is 5.92 Å². The molecule has 0 spiro atoms. The highest BCUT2D eigenvalue weighted by atomic mass is 16.4. The van der Waals surface area contributed by atoms with Gasteiger partial charge in [-0.1, -0.05) is 19.1 Å². The SMILES string of the molecule is CCCc1nc2ccccc2n1C(C)C(C)C(=O)O. The van der Waals surface area contributed by atoms with Crippen LogP contribution in [-0.4, -0.2) is 20.6 Å². The van der Waals surface area contributed by atoms with E-state index >= 15 is 0 Å². The minimum atomic E-state index is -0.771. The van der Waals surface area contributed by atoms with E-state index in [0.717, 1.165) is 29.7 Å². The molecular formula is C15H20N2O2. The highest BCUT2D eigenvalue weighted by Gasteiger charge is 2.24. The number of aliphatic carboxylic acids is 1. The number of imidazole rings is 1. The fourth-order valence-corrected chi connectivity index (χ4v) is 2.38. The first-order chi connectivity index (χ1) is 9.06.